The zero-order chi connectivity index (χ0) is 29.7. The van der Waals surface area contributed by atoms with Crippen molar-refractivity contribution in [2.45, 2.75) is 37.0 Å². The number of aromatic nitrogens is 1. The third-order valence-electron chi connectivity index (χ3n) is 5.84. The van der Waals surface area contributed by atoms with E-state index in [1.165, 1.54) is 6.20 Å². The summed E-state index contributed by atoms with van der Waals surface area (Å²) in [7, 11) is -4.05. The summed E-state index contributed by atoms with van der Waals surface area (Å²) in [4.78, 5) is 27.7. The number of aryl methyl sites for hydroxylation is 2. The van der Waals surface area contributed by atoms with Crippen molar-refractivity contribution in [3.63, 3.8) is 0 Å². The van der Waals surface area contributed by atoms with E-state index in [-0.39, 0.29) is 35.4 Å². The SMILES string of the molecule is Cc1oc(=O)oc1CN(CCCc1cc(Cl)ccc1Oc1cc(F)c(S(=O)(=O)Cc2nccs2)cc1Cl)CC(=O)O. The minimum atomic E-state index is -4.05. The molecule has 1 N–H and O–H groups in total. The van der Waals surface area contributed by atoms with Gasteiger partial charge in [0.25, 0.3) is 0 Å². The Balaban J connectivity index is 1.49. The highest BCUT2D eigenvalue weighted by molar-refractivity contribution is 7.90. The summed E-state index contributed by atoms with van der Waals surface area (Å²) in [5, 5.41) is 11.5. The van der Waals surface area contributed by atoms with Crippen LogP contribution in [0.15, 0.2) is 60.4 Å². The van der Waals surface area contributed by atoms with Gasteiger partial charge >= 0.3 is 11.8 Å². The first-order chi connectivity index (χ1) is 19.4. The first-order valence-electron chi connectivity index (χ1n) is 12.0. The molecule has 10 nitrogen and oxygen atoms in total. The van der Waals surface area contributed by atoms with Gasteiger partial charge in [0, 0.05) is 22.7 Å². The highest BCUT2D eigenvalue weighted by atomic mass is 35.5. The number of nitrogens with zero attached hydrogens (tertiary/aromatic N) is 2. The number of sulfone groups is 1. The number of ether oxygens (including phenoxy) is 1. The lowest BCUT2D eigenvalue weighted by atomic mass is 10.1. The maximum atomic E-state index is 15.0. The molecule has 0 radical (unpaired) electrons. The number of benzene rings is 2. The van der Waals surface area contributed by atoms with Crippen molar-refractivity contribution in [2.24, 2.45) is 0 Å². The molecule has 0 aliphatic carbocycles. The van der Waals surface area contributed by atoms with Crippen molar-refractivity contribution in [1.29, 1.82) is 0 Å². The van der Waals surface area contributed by atoms with Crippen LogP contribution in [-0.4, -0.2) is 42.5 Å². The van der Waals surface area contributed by atoms with E-state index in [0.717, 1.165) is 23.5 Å². The maximum absolute atomic E-state index is 15.0. The standard InChI is InChI=1S/C26H23Cl2FN2O8S2/c1-15-22(39-26(34)37-15)12-31(13-25(32)33)7-2-3-16-9-17(27)4-5-20(16)38-21-11-19(29)23(10-18(21)28)41(35,36)14-24-30-6-8-40-24/h4-6,8-11H,2-3,7,12-14H2,1H3,(H,32,33). The largest absolute Gasteiger partial charge is 0.519 e. The van der Waals surface area contributed by atoms with E-state index in [1.54, 1.807) is 35.4 Å². The van der Waals surface area contributed by atoms with E-state index >= 15 is 0 Å². The lowest BCUT2D eigenvalue weighted by Crippen LogP contribution is -2.30. The van der Waals surface area contributed by atoms with Crippen LogP contribution in [0.2, 0.25) is 10.0 Å². The number of carbonyl (C=O) groups is 1. The van der Waals surface area contributed by atoms with Crippen molar-refractivity contribution in [3.8, 4) is 11.5 Å². The van der Waals surface area contributed by atoms with Gasteiger partial charge in [0.2, 0.25) is 0 Å². The highest BCUT2D eigenvalue weighted by Gasteiger charge is 2.24. The van der Waals surface area contributed by atoms with Crippen molar-refractivity contribution in [2.75, 3.05) is 13.1 Å². The van der Waals surface area contributed by atoms with Gasteiger partial charge in [-0.3, -0.25) is 9.69 Å². The summed E-state index contributed by atoms with van der Waals surface area (Å²) < 4.78 is 56.2. The van der Waals surface area contributed by atoms with Crippen LogP contribution >= 0.6 is 34.5 Å². The Morgan fingerprint density at radius 3 is 2.63 bits per heavy atom. The Bertz CT molecular complexity index is 1700. The van der Waals surface area contributed by atoms with Gasteiger partial charge < -0.3 is 18.7 Å². The Kier molecular flexibility index (Phi) is 9.87. The van der Waals surface area contributed by atoms with E-state index in [9.17, 15) is 27.5 Å². The van der Waals surface area contributed by atoms with E-state index < -0.39 is 38.1 Å². The first kappa shape index (κ1) is 30.7. The van der Waals surface area contributed by atoms with Crippen molar-refractivity contribution in [1.82, 2.24) is 9.88 Å². The molecule has 2 aromatic carbocycles. The van der Waals surface area contributed by atoms with Gasteiger partial charge in [-0.25, -0.2) is 22.6 Å². The number of halogens is 3. The summed E-state index contributed by atoms with van der Waals surface area (Å²) in [6.07, 6.45) is 2.28. The minimum absolute atomic E-state index is 0.0511. The summed E-state index contributed by atoms with van der Waals surface area (Å²) in [5.41, 5.74) is 0.621. The second-order valence-electron chi connectivity index (χ2n) is 8.89. The lowest BCUT2D eigenvalue weighted by molar-refractivity contribution is -0.138. The van der Waals surface area contributed by atoms with Crippen LogP contribution in [0.1, 0.15) is 28.5 Å². The number of hydrogen-bond acceptors (Lipinski definition) is 10. The van der Waals surface area contributed by atoms with Crippen molar-refractivity contribution < 1.29 is 36.3 Å². The van der Waals surface area contributed by atoms with Gasteiger partial charge in [0.15, 0.2) is 15.6 Å². The molecule has 0 bridgehead atoms. The Hall–Kier alpha value is -3.23. The summed E-state index contributed by atoms with van der Waals surface area (Å²) in [6.45, 7) is 1.59. The van der Waals surface area contributed by atoms with Crippen molar-refractivity contribution in [3.05, 3.63) is 90.5 Å². The average Bonchev–Trinajstić information content (AvgIpc) is 3.50. The molecule has 4 aromatic rings. The number of thiazole rings is 1. The molecule has 0 unspecified atom stereocenters. The molecule has 4 rings (SSSR count). The third-order valence-corrected chi connectivity index (χ3v) is 8.97. The van der Waals surface area contributed by atoms with Crippen LogP contribution in [0.4, 0.5) is 4.39 Å². The molecule has 0 atom stereocenters. The summed E-state index contributed by atoms with van der Waals surface area (Å²) >= 11 is 13.6. The lowest BCUT2D eigenvalue weighted by Gasteiger charge is -2.19. The van der Waals surface area contributed by atoms with Gasteiger partial charge in [0.05, 0.1) is 18.1 Å². The number of rotatable bonds is 13. The Labute approximate surface area is 247 Å². The molecule has 0 aliphatic heterocycles. The monoisotopic (exact) mass is 644 g/mol. The molecule has 0 spiro atoms. The molecule has 0 fully saturated rings. The van der Waals surface area contributed by atoms with Crippen molar-refractivity contribution >= 4 is 50.3 Å². The molecular weight excluding hydrogens is 622 g/mol. The van der Waals surface area contributed by atoms with Crippen LogP contribution in [-0.2, 0) is 33.4 Å². The topological polar surface area (TPSA) is 140 Å². The second-order valence-corrected chi connectivity index (χ2v) is 12.7. The smallest absolute Gasteiger partial charge is 0.480 e. The average molecular weight is 646 g/mol. The quantitative estimate of drug-likeness (QED) is 0.192. The number of carboxylic acid groups (broad SMARTS) is 1. The maximum Gasteiger partial charge on any atom is 0.519 e. The van der Waals surface area contributed by atoms with Gasteiger partial charge in [-0.15, -0.1) is 11.3 Å². The molecule has 0 saturated carbocycles. The van der Waals surface area contributed by atoms with Crippen LogP contribution in [0.5, 0.6) is 11.5 Å². The van der Waals surface area contributed by atoms with E-state index in [0.29, 0.717) is 40.7 Å². The fourth-order valence-electron chi connectivity index (χ4n) is 3.97. The number of carboxylic acids is 1. The third kappa shape index (κ3) is 8.17. The summed E-state index contributed by atoms with van der Waals surface area (Å²) in [5.74, 6) is -2.72. The highest BCUT2D eigenvalue weighted by Crippen LogP contribution is 2.36. The van der Waals surface area contributed by atoms with Gasteiger partial charge in [-0.05, 0) is 56.1 Å². The van der Waals surface area contributed by atoms with Gasteiger partial charge in [-0.2, -0.15) is 0 Å². The predicted molar refractivity (Wildman–Crippen MR) is 149 cm³/mol. The molecule has 15 heteroatoms. The number of aliphatic carboxylic acids is 1. The zero-order valence-corrected chi connectivity index (χ0v) is 24.6. The van der Waals surface area contributed by atoms with Crippen LogP contribution in [0.25, 0.3) is 0 Å². The van der Waals surface area contributed by atoms with Crippen LogP contribution in [0.3, 0.4) is 0 Å². The normalized spacial score (nSPS) is 11.7. The zero-order valence-electron chi connectivity index (χ0n) is 21.4. The summed E-state index contributed by atoms with van der Waals surface area (Å²) in [6, 6.07) is 6.69. The molecule has 2 heterocycles. The minimum Gasteiger partial charge on any atom is -0.480 e. The van der Waals surface area contributed by atoms with Crippen LogP contribution in [0, 0.1) is 12.7 Å². The molecule has 0 amide bonds. The van der Waals surface area contributed by atoms with Gasteiger partial charge in [-0.1, -0.05) is 23.2 Å². The van der Waals surface area contributed by atoms with E-state index in [4.69, 9.17) is 36.8 Å². The Morgan fingerprint density at radius 1 is 1.20 bits per heavy atom. The fourth-order valence-corrected chi connectivity index (χ4v) is 6.78. The van der Waals surface area contributed by atoms with Crippen LogP contribution < -0.4 is 10.6 Å². The molecule has 0 aliphatic rings. The first-order valence-corrected chi connectivity index (χ1v) is 15.3. The number of hydrogen-bond donors (Lipinski definition) is 1. The second kappa shape index (κ2) is 13.2. The van der Waals surface area contributed by atoms with E-state index in [1.807, 2.05) is 0 Å². The van der Waals surface area contributed by atoms with Gasteiger partial charge in [0.1, 0.15) is 38.7 Å². The molecular formula is C26H23Cl2FN2O8S2. The molecule has 2 aromatic heterocycles. The fraction of sp³-hybridized carbons (Fsp3) is 0.269. The predicted octanol–water partition coefficient (Wildman–Crippen LogP) is 5.73. The van der Waals surface area contributed by atoms with E-state index in [2.05, 4.69) is 4.98 Å². The molecule has 41 heavy (non-hydrogen) atoms. The Morgan fingerprint density at radius 2 is 1.98 bits per heavy atom. The molecule has 0 saturated heterocycles. The molecule has 218 valence electrons.